The molecule has 0 saturated carbocycles. The first kappa shape index (κ1) is 24.0. The zero-order valence-corrected chi connectivity index (χ0v) is 20.2. The summed E-state index contributed by atoms with van der Waals surface area (Å²) in [6.07, 6.45) is 1.00. The number of rotatable bonds is 5. The number of nitrogens with zero attached hydrogens (tertiary/aromatic N) is 2. The van der Waals surface area contributed by atoms with Crippen molar-refractivity contribution in [2.24, 2.45) is 0 Å². The van der Waals surface area contributed by atoms with Crippen molar-refractivity contribution in [2.45, 2.75) is 38.8 Å². The third-order valence-electron chi connectivity index (χ3n) is 6.31. The smallest absolute Gasteiger partial charge is 0.318 e. The van der Waals surface area contributed by atoms with E-state index < -0.39 is 0 Å². The van der Waals surface area contributed by atoms with Crippen molar-refractivity contribution in [1.82, 2.24) is 5.32 Å². The Hall–Kier alpha value is -4.13. The first-order valence-electron chi connectivity index (χ1n) is 11.8. The van der Waals surface area contributed by atoms with E-state index in [0.29, 0.717) is 24.1 Å². The van der Waals surface area contributed by atoms with Gasteiger partial charge in [0.2, 0.25) is 5.91 Å². The van der Waals surface area contributed by atoms with Gasteiger partial charge in [0, 0.05) is 42.1 Å². The Balaban J connectivity index is 1.69. The molecule has 0 aromatic heterocycles. The molecule has 2 unspecified atom stereocenters. The first-order valence-corrected chi connectivity index (χ1v) is 11.8. The third kappa shape index (κ3) is 4.89. The fourth-order valence-corrected chi connectivity index (χ4v) is 4.62. The van der Waals surface area contributed by atoms with Gasteiger partial charge in [-0.1, -0.05) is 43.3 Å². The van der Waals surface area contributed by atoms with Crippen molar-refractivity contribution in [3.8, 4) is 0 Å². The molecule has 2 atom stereocenters. The Morgan fingerprint density at radius 3 is 2.26 bits per heavy atom. The number of carbonyl (C=O) groups excluding carboxylic acids is 3. The Morgan fingerprint density at radius 2 is 1.60 bits per heavy atom. The summed E-state index contributed by atoms with van der Waals surface area (Å²) in [6, 6.07) is 23.7. The van der Waals surface area contributed by atoms with Gasteiger partial charge in [0.05, 0.1) is 6.04 Å². The van der Waals surface area contributed by atoms with Crippen LogP contribution in [0.25, 0.3) is 0 Å². The number of fused-ring (bicyclic) bond motifs is 1. The maximum Gasteiger partial charge on any atom is 0.318 e. The highest BCUT2D eigenvalue weighted by atomic mass is 16.2. The van der Waals surface area contributed by atoms with Crippen molar-refractivity contribution in [1.29, 1.82) is 0 Å². The third-order valence-corrected chi connectivity index (χ3v) is 6.31. The maximum atomic E-state index is 13.6. The highest BCUT2D eigenvalue weighted by molar-refractivity contribution is 6.08. The van der Waals surface area contributed by atoms with Gasteiger partial charge in [0.1, 0.15) is 0 Å². The molecule has 0 bridgehead atoms. The highest BCUT2D eigenvalue weighted by Crippen LogP contribution is 2.42. The summed E-state index contributed by atoms with van der Waals surface area (Å²) in [5, 5.41) is 5.20. The largest absolute Gasteiger partial charge is 0.341 e. The molecule has 0 fully saturated rings. The van der Waals surface area contributed by atoms with Gasteiger partial charge in [0.15, 0.2) is 0 Å². The maximum absolute atomic E-state index is 13.6. The number of carbonyl (C=O) groups is 3. The second kappa shape index (κ2) is 10.4. The molecular weight excluding hydrogens is 440 g/mol. The summed E-state index contributed by atoms with van der Waals surface area (Å²) in [7, 11) is 1.54. The summed E-state index contributed by atoms with van der Waals surface area (Å²) < 4.78 is 0. The van der Waals surface area contributed by atoms with Gasteiger partial charge in [-0.2, -0.15) is 0 Å². The zero-order chi connectivity index (χ0) is 24.9. The molecular formula is C28H30N4O3. The van der Waals surface area contributed by atoms with Crippen molar-refractivity contribution in [2.75, 3.05) is 22.2 Å². The number of hydrogen-bond acceptors (Lipinski definition) is 3. The molecule has 180 valence electrons. The molecule has 7 heteroatoms. The van der Waals surface area contributed by atoms with Crippen LogP contribution in [-0.4, -0.2) is 30.9 Å². The molecule has 0 aliphatic carbocycles. The second-order valence-electron chi connectivity index (χ2n) is 8.57. The number of urea groups is 1. The minimum absolute atomic E-state index is 0.0437. The topological polar surface area (TPSA) is 81.8 Å². The van der Waals surface area contributed by atoms with Crippen LogP contribution in [0.1, 0.15) is 48.7 Å². The minimum atomic E-state index is -0.321. The van der Waals surface area contributed by atoms with Crippen molar-refractivity contribution in [3.05, 3.63) is 90.0 Å². The summed E-state index contributed by atoms with van der Waals surface area (Å²) in [5.74, 6) is -0.0786. The highest BCUT2D eigenvalue weighted by Gasteiger charge is 2.38. The molecule has 35 heavy (non-hydrogen) atoms. The van der Waals surface area contributed by atoms with Crippen LogP contribution in [0, 0.1) is 0 Å². The van der Waals surface area contributed by atoms with Crippen LogP contribution in [0.3, 0.4) is 0 Å². The SMILES string of the molecule is CCC(=O)N(c1ccccc1)C1CC(C)N(C(=O)c2ccc(NC(=O)NC)cc2)c2ccccc21. The van der Waals surface area contributed by atoms with E-state index >= 15 is 0 Å². The van der Waals surface area contributed by atoms with Gasteiger partial charge >= 0.3 is 6.03 Å². The predicted molar refractivity (Wildman–Crippen MR) is 139 cm³/mol. The summed E-state index contributed by atoms with van der Waals surface area (Å²) in [4.78, 5) is 42.0. The molecule has 0 radical (unpaired) electrons. The van der Waals surface area contributed by atoms with Crippen molar-refractivity contribution >= 4 is 34.9 Å². The van der Waals surface area contributed by atoms with E-state index in [0.717, 1.165) is 16.9 Å². The van der Waals surface area contributed by atoms with Crippen LogP contribution in [0.15, 0.2) is 78.9 Å². The van der Waals surface area contributed by atoms with Crippen LogP contribution in [0.2, 0.25) is 0 Å². The fourth-order valence-electron chi connectivity index (χ4n) is 4.62. The molecule has 4 amide bonds. The zero-order valence-electron chi connectivity index (χ0n) is 20.2. The first-order chi connectivity index (χ1) is 16.9. The predicted octanol–water partition coefficient (Wildman–Crippen LogP) is 5.36. The number of benzene rings is 3. The van der Waals surface area contributed by atoms with Crippen LogP contribution in [0.5, 0.6) is 0 Å². The molecule has 0 saturated heterocycles. The molecule has 7 nitrogen and oxygen atoms in total. The number of para-hydroxylation sites is 2. The summed E-state index contributed by atoms with van der Waals surface area (Å²) in [6.45, 7) is 3.89. The molecule has 4 rings (SSSR count). The Labute approximate surface area is 205 Å². The average molecular weight is 471 g/mol. The second-order valence-corrected chi connectivity index (χ2v) is 8.57. The van der Waals surface area contributed by atoms with Gasteiger partial charge in [-0.3, -0.25) is 9.59 Å². The monoisotopic (exact) mass is 470 g/mol. The van der Waals surface area contributed by atoms with Crippen molar-refractivity contribution in [3.63, 3.8) is 0 Å². The summed E-state index contributed by atoms with van der Waals surface area (Å²) in [5.41, 5.74) is 3.73. The fraction of sp³-hybridized carbons (Fsp3) is 0.250. The minimum Gasteiger partial charge on any atom is -0.341 e. The van der Waals surface area contributed by atoms with Crippen LogP contribution >= 0.6 is 0 Å². The normalized spacial score (nSPS) is 16.7. The molecule has 1 heterocycles. The van der Waals surface area contributed by atoms with Crippen LogP contribution < -0.4 is 20.4 Å². The standard InChI is InChI=1S/C28H30N4O3/c1-4-26(33)32(22-10-6-5-7-11-22)25-18-19(2)31(24-13-9-8-12-23(24)25)27(34)20-14-16-21(17-15-20)30-28(35)29-3/h5-17,19,25H,4,18H2,1-3H3,(H2,29,30,35). The van der Waals surface area contributed by atoms with E-state index in [-0.39, 0.29) is 29.9 Å². The van der Waals surface area contributed by atoms with E-state index in [2.05, 4.69) is 10.6 Å². The number of anilines is 3. The van der Waals surface area contributed by atoms with Gasteiger partial charge in [-0.05, 0) is 61.4 Å². The molecule has 1 aliphatic rings. The lowest BCUT2D eigenvalue weighted by molar-refractivity contribution is -0.118. The van der Waals surface area contributed by atoms with E-state index in [4.69, 9.17) is 0 Å². The van der Waals surface area contributed by atoms with Gasteiger partial charge in [-0.15, -0.1) is 0 Å². The van der Waals surface area contributed by atoms with Gasteiger partial charge < -0.3 is 20.4 Å². The van der Waals surface area contributed by atoms with E-state index in [1.807, 2.05) is 78.2 Å². The summed E-state index contributed by atoms with van der Waals surface area (Å²) >= 11 is 0. The van der Waals surface area contributed by atoms with Gasteiger partial charge in [0.25, 0.3) is 5.91 Å². The lowest BCUT2D eigenvalue weighted by atomic mass is 9.89. The average Bonchev–Trinajstić information content (AvgIpc) is 2.89. The van der Waals surface area contributed by atoms with Crippen molar-refractivity contribution < 1.29 is 14.4 Å². The Bertz CT molecular complexity index is 1210. The van der Waals surface area contributed by atoms with Crippen LogP contribution in [-0.2, 0) is 4.79 Å². The number of amides is 4. The lowest BCUT2D eigenvalue weighted by Crippen LogP contribution is -2.47. The van der Waals surface area contributed by atoms with E-state index in [1.165, 1.54) is 0 Å². The van der Waals surface area contributed by atoms with Crippen LogP contribution in [0.4, 0.5) is 21.9 Å². The molecule has 0 spiro atoms. The van der Waals surface area contributed by atoms with E-state index in [1.54, 1.807) is 31.3 Å². The van der Waals surface area contributed by atoms with E-state index in [9.17, 15) is 14.4 Å². The number of hydrogen-bond donors (Lipinski definition) is 2. The Morgan fingerprint density at radius 1 is 0.943 bits per heavy atom. The number of nitrogens with one attached hydrogen (secondary N) is 2. The Kier molecular flexibility index (Phi) is 7.15. The molecule has 2 N–H and O–H groups in total. The molecule has 3 aromatic carbocycles. The molecule has 3 aromatic rings. The van der Waals surface area contributed by atoms with Gasteiger partial charge in [-0.25, -0.2) is 4.79 Å². The lowest BCUT2D eigenvalue weighted by Gasteiger charge is -2.43. The quantitative estimate of drug-likeness (QED) is 0.527. The molecule has 1 aliphatic heterocycles.